The molecule has 0 heterocycles. The summed E-state index contributed by atoms with van der Waals surface area (Å²) in [6.45, 7) is 4.08. The molecule has 2 aromatic carbocycles. The number of nitrogens with one attached hydrogen (secondary N) is 1. The molecule has 0 aliphatic heterocycles. The van der Waals surface area contributed by atoms with Gasteiger partial charge in [-0.05, 0) is 29.7 Å². The van der Waals surface area contributed by atoms with E-state index in [4.69, 9.17) is 11.6 Å². The van der Waals surface area contributed by atoms with E-state index < -0.39 is 0 Å². The van der Waals surface area contributed by atoms with Crippen LogP contribution in [0.4, 0.5) is 0 Å². The Morgan fingerprint density at radius 2 is 1.71 bits per heavy atom. The summed E-state index contributed by atoms with van der Waals surface area (Å²) in [5.41, 5.74) is 4.92. The highest BCUT2D eigenvalue weighted by atomic mass is 35.5. The van der Waals surface area contributed by atoms with E-state index in [9.17, 15) is 4.79 Å². The molecule has 0 saturated heterocycles. The average Bonchev–Trinajstić information content (AvgIpc) is 2.48. The summed E-state index contributed by atoms with van der Waals surface area (Å²) in [4.78, 5) is 12.1. The molecule has 0 fully saturated rings. The summed E-state index contributed by atoms with van der Waals surface area (Å²) in [5.74, 6) is -0.0707. The van der Waals surface area contributed by atoms with Gasteiger partial charge in [-0.15, -0.1) is 0 Å². The molecule has 21 heavy (non-hydrogen) atoms. The zero-order chi connectivity index (χ0) is 15.2. The van der Waals surface area contributed by atoms with Crippen LogP contribution >= 0.6 is 11.6 Å². The van der Waals surface area contributed by atoms with Gasteiger partial charge in [-0.2, -0.15) is 5.10 Å². The second-order valence-corrected chi connectivity index (χ2v) is 5.41. The fourth-order valence-electron chi connectivity index (χ4n) is 1.94. The van der Waals surface area contributed by atoms with E-state index in [1.54, 1.807) is 24.3 Å². The third-order valence-electron chi connectivity index (χ3n) is 2.98. The van der Waals surface area contributed by atoms with Gasteiger partial charge in [-0.3, -0.25) is 4.79 Å². The molecule has 0 atom stereocenters. The lowest BCUT2D eigenvalue weighted by Crippen LogP contribution is -2.22. The number of hydrogen-bond acceptors (Lipinski definition) is 2. The zero-order valence-electron chi connectivity index (χ0n) is 12.0. The summed E-state index contributed by atoms with van der Waals surface area (Å²) < 4.78 is 0. The van der Waals surface area contributed by atoms with Crippen LogP contribution in [0, 0.1) is 5.92 Å². The second kappa shape index (κ2) is 7.04. The van der Waals surface area contributed by atoms with Crippen LogP contribution in [0.15, 0.2) is 59.7 Å². The number of rotatable bonds is 4. The van der Waals surface area contributed by atoms with Crippen molar-refractivity contribution < 1.29 is 4.79 Å². The lowest BCUT2D eigenvalue weighted by Gasteiger charge is -2.10. The standard InChI is InChI=1S/C17H17ClN2O/c1-12(2)16(13-7-4-3-5-8-13)19-20-17(21)14-9-6-10-15(18)11-14/h3-12H,1-2H3,(H,20,21). The van der Waals surface area contributed by atoms with Gasteiger partial charge in [0.05, 0.1) is 5.71 Å². The Morgan fingerprint density at radius 1 is 1.05 bits per heavy atom. The Balaban J connectivity index is 2.19. The summed E-state index contributed by atoms with van der Waals surface area (Å²) in [6, 6.07) is 16.6. The zero-order valence-corrected chi connectivity index (χ0v) is 12.8. The molecule has 108 valence electrons. The van der Waals surface area contributed by atoms with Crippen LogP contribution in [0.2, 0.25) is 5.02 Å². The number of nitrogens with zero attached hydrogens (tertiary/aromatic N) is 1. The van der Waals surface area contributed by atoms with E-state index in [-0.39, 0.29) is 11.8 Å². The predicted molar refractivity (Wildman–Crippen MR) is 86.7 cm³/mol. The van der Waals surface area contributed by atoms with Crippen LogP contribution in [0.1, 0.15) is 29.8 Å². The molecule has 2 rings (SSSR count). The van der Waals surface area contributed by atoms with Gasteiger partial charge in [0.2, 0.25) is 0 Å². The molecule has 2 aromatic rings. The third kappa shape index (κ3) is 4.17. The SMILES string of the molecule is CC(C)C(=NNC(=O)c1cccc(Cl)c1)c1ccccc1. The summed E-state index contributed by atoms with van der Waals surface area (Å²) in [5, 5.41) is 4.80. The van der Waals surface area contributed by atoms with Gasteiger partial charge in [0.15, 0.2) is 0 Å². The maximum atomic E-state index is 12.1. The van der Waals surface area contributed by atoms with E-state index in [0.29, 0.717) is 10.6 Å². The molecule has 0 saturated carbocycles. The first kappa shape index (κ1) is 15.3. The number of carbonyl (C=O) groups excluding carboxylic acids is 1. The quantitative estimate of drug-likeness (QED) is 0.669. The van der Waals surface area contributed by atoms with Crippen molar-refractivity contribution in [1.29, 1.82) is 0 Å². The van der Waals surface area contributed by atoms with Gasteiger partial charge < -0.3 is 0 Å². The first-order valence-electron chi connectivity index (χ1n) is 6.77. The van der Waals surface area contributed by atoms with Crippen molar-refractivity contribution in [3.05, 3.63) is 70.7 Å². The molecule has 0 unspecified atom stereocenters. The first-order chi connectivity index (χ1) is 10.1. The minimum atomic E-state index is -0.272. The molecule has 0 bridgehead atoms. The minimum absolute atomic E-state index is 0.201. The Morgan fingerprint density at radius 3 is 2.33 bits per heavy atom. The van der Waals surface area contributed by atoms with Crippen LogP contribution in [0.3, 0.4) is 0 Å². The fourth-order valence-corrected chi connectivity index (χ4v) is 2.13. The maximum absolute atomic E-state index is 12.1. The Kier molecular flexibility index (Phi) is 5.12. The normalized spacial score (nSPS) is 11.5. The smallest absolute Gasteiger partial charge is 0.267 e. The lowest BCUT2D eigenvalue weighted by molar-refractivity contribution is 0.0954. The summed E-state index contributed by atoms with van der Waals surface area (Å²) in [7, 11) is 0. The van der Waals surface area contributed by atoms with Gasteiger partial charge >= 0.3 is 0 Å². The molecular weight excluding hydrogens is 284 g/mol. The lowest BCUT2D eigenvalue weighted by atomic mass is 10.0. The molecule has 0 aliphatic rings. The number of hydrogen-bond donors (Lipinski definition) is 1. The van der Waals surface area contributed by atoms with Gasteiger partial charge in [0.25, 0.3) is 5.91 Å². The molecule has 1 amide bonds. The molecule has 0 radical (unpaired) electrons. The van der Waals surface area contributed by atoms with Crippen molar-refractivity contribution in [2.75, 3.05) is 0 Å². The van der Waals surface area contributed by atoms with Gasteiger partial charge in [0, 0.05) is 10.6 Å². The van der Waals surface area contributed by atoms with E-state index in [1.165, 1.54) is 0 Å². The van der Waals surface area contributed by atoms with E-state index in [2.05, 4.69) is 10.5 Å². The monoisotopic (exact) mass is 300 g/mol. The van der Waals surface area contributed by atoms with Crippen molar-refractivity contribution in [2.45, 2.75) is 13.8 Å². The van der Waals surface area contributed by atoms with Crippen molar-refractivity contribution >= 4 is 23.2 Å². The highest BCUT2D eigenvalue weighted by Crippen LogP contribution is 2.11. The highest BCUT2D eigenvalue weighted by molar-refractivity contribution is 6.30. The topological polar surface area (TPSA) is 41.5 Å². The summed E-state index contributed by atoms with van der Waals surface area (Å²) in [6.07, 6.45) is 0. The first-order valence-corrected chi connectivity index (χ1v) is 7.14. The minimum Gasteiger partial charge on any atom is -0.267 e. The Bertz CT molecular complexity index is 651. The van der Waals surface area contributed by atoms with E-state index in [1.807, 2.05) is 44.2 Å². The van der Waals surface area contributed by atoms with Crippen molar-refractivity contribution in [1.82, 2.24) is 5.43 Å². The number of benzene rings is 2. The van der Waals surface area contributed by atoms with Crippen LogP contribution < -0.4 is 5.43 Å². The predicted octanol–water partition coefficient (Wildman–Crippen LogP) is 4.13. The molecule has 3 nitrogen and oxygen atoms in total. The van der Waals surface area contributed by atoms with Gasteiger partial charge in [-0.1, -0.05) is 61.8 Å². The van der Waals surface area contributed by atoms with Crippen LogP contribution in [-0.4, -0.2) is 11.6 Å². The Hall–Kier alpha value is -2.13. The highest BCUT2D eigenvalue weighted by Gasteiger charge is 2.10. The molecule has 4 heteroatoms. The van der Waals surface area contributed by atoms with Crippen LogP contribution in [0.25, 0.3) is 0 Å². The molecule has 1 N–H and O–H groups in total. The largest absolute Gasteiger partial charge is 0.271 e. The third-order valence-corrected chi connectivity index (χ3v) is 3.22. The van der Waals surface area contributed by atoms with E-state index in [0.717, 1.165) is 11.3 Å². The van der Waals surface area contributed by atoms with Crippen molar-refractivity contribution in [3.8, 4) is 0 Å². The van der Waals surface area contributed by atoms with Crippen molar-refractivity contribution in [3.63, 3.8) is 0 Å². The van der Waals surface area contributed by atoms with Crippen molar-refractivity contribution in [2.24, 2.45) is 11.0 Å². The fraction of sp³-hybridized carbons (Fsp3) is 0.176. The molecular formula is C17H17ClN2O. The maximum Gasteiger partial charge on any atom is 0.271 e. The van der Waals surface area contributed by atoms with Crippen LogP contribution in [0.5, 0.6) is 0 Å². The van der Waals surface area contributed by atoms with E-state index >= 15 is 0 Å². The number of hydrazone groups is 1. The number of amides is 1. The summed E-state index contributed by atoms with van der Waals surface area (Å²) >= 11 is 5.88. The van der Waals surface area contributed by atoms with Gasteiger partial charge in [0.1, 0.15) is 0 Å². The van der Waals surface area contributed by atoms with Gasteiger partial charge in [-0.25, -0.2) is 5.43 Å². The number of halogens is 1. The molecule has 0 spiro atoms. The average molecular weight is 301 g/mol. The molecule has 0 aromatic heterocycles. The second-order valence-electron chi connectivity index (χ2n) is 4.97. The Labute approximate surface area is 129 Å². The molecule has 0 aliphatic carbocycles. The van der Waals surface area contributed by atoms with Crippen LogP contribution in [-0.2, 0) is 0 Å². The number of carbonyl (C=O) groups is 1.